The van der Waals surface area contributed by atoms with Gasteiger partial charge in [-0.05, 0) is 12.1 Å². The molecule has 0 bridgehead atoms. The van der Waals surface area contributed by atoms with E-state index in [2.05, 4.69) is 12.6 Å². The minimum atomic E-state index is -0.453. The molecule has 0 amide bonds. The highest BCUT2D eigenvalue weighted by molar-refractivity contribution is 7.80. The third-order valence-corrected chi connectivity index (χ3v) is 2.34. The van der Waals surface area contributed by atoms with Gasteiger partial charge in [0.25, 0.3) is 0 Å². The van der Waals surface area contributed by atoms with E-state index in [4.69, 9.17) is 33.7 Å². The number of thiol groups is 1. The molecule has 1 unspecified atom stereocenters. The molecule has 0 saturated heterocycles. The molecule has 2 N–H and O–H groups in total. The summed E-state index contributed by atoms with van der Waals surface area (Å²) in [6.07, 6.45) is 0. The summed E-state index contributed by atoms with van der Waals surface area (Å²) in [5, 5.41) is 0.506. The standard InChI is InChI=1S/C8H9Cl2NOS/c1-12-7-5(8(11)13)2-4(9)3-6(7)10/h2-3,8,13H,11H2,1H3. The zero-order valence-electron chi connectivity index (χ0n) is 6.92. The Morgan fingerprint density at radius 1 is 1.46 bits per heavy atom. The summed E-state index contributed by atoms with van der Waals surface area (Å²) in [5.74, 6) is 0.522. The van der Waals surface area contributed by atoms with Gasteiger partial charge in [-0.15, -0.1) is 0 Å². The molecule has 13 heavy (non-hydrogen) atoms. The van der Waals surface area contributed by atoms with Crippen molar-refractivity contribution in [3.8, 4) is 5.75 Å². The van der Waals surface area contributed by atoms with Crippen LogP contribution in [0.2, 0.25) is 10.0 Å². The Hall–Kier alpha value is -0.0900. The van der Waals surface area contributed by atoms with E-state index in [0.29, 0.717) is 21.4 Å². The Kier molecular flexibility index (Phi) is 3.74. The first-order chi connectivity index (χ1) is 6.06. The highest BCUT2D eigenvalue weighted by Crippen LogP contribution is 2.35. The number of rotatable bonds is 2. The van der Waals surface area contributed by atoms with E-state index < -0.39 is 5.37 Å². The average molecular weight is 238 g/mol. The van der Waals surface area contributed by atoms with Crippen LogP contribution in [0.1, 0.15) is 10.9 Å². The Morgan fingerprint density at radius 3 is 2.54 bits per heavy atom. The fourth-order valence-corrected chi connectivity index (χ4v) is 1.79. The van der Waals surface area contributed by atoms with Crippen LogP contribution in [0.25, 0.3) is 0 Å². The molecule has 2 nitrogen and oxygen atoms in total. The number of hydrogen-bond acceptors (Lipinski definition) is 3. The molecular formula is C8H9Cl2NOS. The van der Waals surface area contributed by atoms with E-state index in [1.807, 2.05) is 0 Å². The van der Waals surface area contributed by atoms with Gasteiger partial charge >= 0.3 is 0 Å². The number of nitrogens with two attached hydrogens (primary N) is 1. The first-order valence-corrected chi connectivity index (χ1v) is 4.80. The zero-order chi connectivity index (χ0) is 10.0. The predicted molar refractivity (Wildman–Crippen MR) is 58.9 cm³/mol. The van der Waals surface area contributed by atoms with Gasteiger partial charge in [0, 0.05) is 10.6 Å². The van der Waals surface area contributed by atoms with Crippen LogP contribution >= 0.6 is 35.8 Å². The van der Waals surface area contributed by atoms with Crippen LogP contribution in [0.15, 0.2) is 12.1 Å². The van der Waals surface area contributed by atoms with Gasteiger partial charge < -0.3 is 10.5 Å². The number of hydrogen-bond donors (Lipinski definition) is 2. The van der Waals surface area contributed by atoms with Crippen molar-refractivity contribution in [1.82, 2.24) is 0 Å². The monoisotopic (exact) mass is 237 g/mol. The maximum atomic E-state index is 5.88. The Balaban J connectivity index is 3.29. The SMILES string of the molecule is COc1c(Cl)cc(Cl)cc1C(N)S. The summed E-state index contributed by atoms with van der Waals surface area (Å²) < 4.78 is 5.07. The summed E-state index contributed by atoms with van der Waals surface area (Å²) in [6, 6.07) is 3.28. The Morgan fingerprint density at radius 2 is 2.08 bits per heavy atom. The number of ether oxygens (including phenoxy) is 1. The fourth-order valence-electron chi connectivity index (χ4n) is 1.02. The molecule has 0 aliphatic heterocycles. The van der Waals surface area contributed by atoms with E-state index in [9.17, 15) is 0 Å². The molecule has 72 valence electrons. The molecule has 0 aliphatic carbocycles. The second kappa shape index (κ2) is 4.42. The Labute approximate surface area is 92.4 Å². The number of halogens is 2. The molecule has 0 fully saturated rings. The van der Waals surface area contributed by atoms with Crippen LogP contribution in [0, 0.1) is 0 Å². The summed E-state index contributed by atoms with van der Waals surface area (Å²) in [6.45, 7) is 0. The van der Waals surface area contributed by atoms with Crippen molar-refractivity contribution >= 4 is 35.8 Å². The molecule has 0 saturated carbocycles. The molecule has 1 atom stereocenters. The molecule has 1 aromatic rings. The Bertz CT molecular complexity index is 317. The molecule has 0 heterocycles. The van der Waals surface area contributed by atoms with Crippen LogP contribution in [0.4, 0.5) is 0 Å². The van der Waals surface area contributed by atoms with Gasteiger partial charge in [-0.1, -0.05) is 23.2 Å². The first-order valence-electron chi connectivity index (χ1n) is 3.53. The topological polar surface area (TPSA) is 35.2 Å². The second-order valence-electron chi connectivity index (χ2n) is 2.45. The normalized spacial score (nSPS) is 12.7. The lowest BCUT2D eigenvalue weighted by Crippen LogP contribution is -2.04. The minimum Gasteiger partial charge on any atom is -0.495 e. The van der Waals surface area contributed by atoms with Crippen LogP contribution < -0.4 is 10.5 Å². The molecule has 0 spiro atoms. The molecule has 0 aliphatic rings. The summed E-state index contributed by atoms with van der Waals surface area (Å²) in [5.41, 5.74) is 6.28. The summed E-state index contributed by atoms with van der Waals surface area (Å²) >= 11 is 15.8. The molecular weight excluding hydrogens is 229 g/mol. The number of methoxy groups -OCH3 is 1. The van der Waals surface area contributed by atoms with Gasteiger partial charge in [-0.2, -0.15) is 12.6 Å². The molecule has 0 aromatic heterocycles. The third kappa shape index (κ3) is 2.44. The van der Waals surface area contributed by atoms with Gasteiger partial charge in [0.2, 0.25) is 0 Å². The van der Waals surface area contributed by atoms with Gasteiger partial charge in [0.15, 0.2) is 0 Å². The third-order valence-electron chi connectivity index (χ3n) is 1.56. The molecule has 0 radical (unpaired) electrons. The molecule has 1 rings (SSSR count). The number of benzene rings is 1. The highest BCUT2D eigenvalue weighted by Gasteiger charge is 2.12. The average Bonchev–Trinajstić information content (AvgIpc) is 2.02. The largest absolute Gasteiger partial charge is 0.495 e. The molecule has 1 aromatic carbocycles. The lowest BCUT2D eigenvalue weighted by atomic mass is 10.2. The predicted octanol–water partition coefficient (Wildman–Crippen LogP) is 2.89. The van der Waals surface area contributed by atoms with Crippen LogP contribution in [-0.4, -0.2) is 7.11 Å². The highest BCUT2D eigenvalue weighted by atomic mass is 35.5. The van der Waals surface area contributed by atoms with Gasteiger partial charge in [0.05, 0.1) is 17.5 Å². The summed E-state index contributed by atoms with van der Waals surface area (Å²) in [4.78, 5) is 0. The van der Waals surface area contributed by atoms with Gasteiger partial charge in [-0.25, -0.2) is 0 Å². The maximum Gasteiger partial charge on any atom is 0.143 e. The van der Waals surface area contributed by atoms with Crippen molar-refractivity contribution in [2.75, 3.05) is 7.11 Å². The van der Waals surface area contributed by atoms with Crippen molar-refractivity contribution in [3.05, 3.63) is 27.7 Å². The van der Waals surface area contributed by atoms with Gasteiger partial charge in [0.1, 0.15) is 5.75 Å². The van der Waals surface area contributed by atoms with Crippen LogP contribution in [0.3, 0.4) is 0 Å². The smallest absolute Gasteiger partial charge is 0.143 e. The summed E-state index contributed by atoms with van der Waals surface area (Å²) in [7, 11) is 1.52. The minimum absolute atomic E-state index is 0.439. The lowest BCUT2D eigenvalue weighted by Gasteiger charge is -2.12. The quantitative estimate of drug-likeness (QED) is 0.613. The van der Waals surface area contributed by atoms with Crippen molar-refractivity contribution in [2.24, 2.45) is 5.73 Å². The van der Waals surface area contributed by atoms with Crippen molar-refractivity contribution in [3.63, 3.8) is 0 Å². The second-order valence-corrected chi connectivity index (χ2v) is 3.85. The molecule has 5 heteroatoms. The van der Waals surface area contributed by atoms with Crippen LogP contribution in [0.5, 0.6) is 5.75 Å². The first kappa shape index (κ1) is 11.0. The van der Waals surface area contributed by atoms with Crippen molar-refractivity contribution < 1.29 is 4.74 Å². The van der Waals surface area contributed by atoms with E-state index in [1.54, 1.807) is 12.1 Å². The van der Waals surface area contributed by atoms with Crippen LogP contribution in [-0.2, 0) is 0 Å². The maximum absolute atomic E-state index is 5.88. The van der Waals surface area contributed by atoms with Crippen molar-refractivity contribution in [2.45, 2.75) is 5.37 Å². The van der Waals surface area contributed by atoms with Gasteiger partial charge in [-0.3, -0.25) is 0 Å². The van der Waals surface area contributed by atoms with E-state index in [1.165, 1.54) is 7.11 Å². The van der Waals surface area contributed by atoms with E-state index in [0.717, 1.165) is 0 Å². The lowest BCUT2D eigenvalue weighted by molar-refractivity contribution is 0.410. The van der Waals surface area contributed by atoms with E-state index >= 15 is 0 Å². The fraction of sp³-hybridized carbons (Fsp3) is 0.250. The zero-order valence-corrected chi connectivity index (χ0v) is 9.33. The van der Waals surface area contributed by atoms with Crippen molar-refractivity contribution in [1.29, 1.82) is 0 Å². The van der Waals surface area contributed by atoms with E-state index in [-0.39, 0.29) is 0 Å².